The van der Waals surface area contributed by atoms with Crippen molar-refractivity contribution in [1.29, 1.82) is 0 Å². The van der Waals surface area contributed by atoms with Crippen molar-refractivity contribution in [3.8, 4) is 0 Å². The Morgan fingerprint density at radius 2 is 2.15 bits per heavy atom. The number of ether oxygens (including phenoxy) is 1. The summed E-state index contributed by atoms with van der Waals surface area (Å²) in [6, 6.07) is 3.53. The summed E-state index contributed by atoms with van der Waals surface area (Å²) in [7, 11) is 0. The van der Waals surface area contributed by atoms with Crippen LogP contribution >= 0.6 is 0 Å². The van der Waals surface area contributed by atoms with E-state index in [1.54, 1.807) is 11.0 Å². The maximum Gasteiger partial charge on any atom is 0.410 e. The number of piperazine rings is 1. The van der Waals surface area contributed by atoms with Crippen LogP contribution in [0, 0.1) is 15.9 Å². The minimum absolute atomic E-state index is 0.0662. The molecule has 1 spiro atoms. The van der Waals surface area contributed by atoms with Gasteiger partial charge in [0.05, 0.1) is 10.5 Å². The quantitative estimate of drug-likeness (QED) is 0.644. The van der Waals surface area contributed by atoms with E-state index in [4.69, 9.17) is 4.74 Å². The van der Waals surface area contributed by atoms with Gasteiger partial charge in [-0.25, -0.2) is 9.18 Å². The fourth-order valence-electron chi connectivity index (χ4n) is 3.24. The number of rotatable bonds is 3. The van der Waals surface area contributed by atoms with E-state index in [1.165, 1.54) is 24.3 Å². The van der Waals surface area contributed by atoms with Crippen molar-refractivity contribution in [2.24, 2.45) is 0 Å². The highest BCUT2D eigenvalue weighted by Crippen LogP contribution is 2.39. The maximum absolute atomic E-state index is 14.1. The second-order valence-corrected chi connectivity index (χ2v) is 8.18. The molecule has 0 unspecified atom stereocenters. The number of carbonyl (C=O) groups excluding carboxylic acids is 1. The van der Waals surface area contributed by atoms with Crippen LogP contribution in [0.4, 0.5) is 14.9 Å². The molecular formula is C19H24FN3O4. The molecule has 1 N–H and O–H groups in total. The van der Waals surface area contributed by atoms with E-state index in [1.807, 2.05) is 20.8 Å². The van der Waals surface area contributed by atoms with Gasteiger partial charge in [-0.1, -0.05) is 12.1 Å². The summed E-state index contributed by atoms with van der Waals surface area (Å²) in [4.78, 5) is 24.6. The molecule has 8 heteroatoms. The van der Waals surface area contributed by atoms with Gasteiger partial charge in [0.1, 0.15) is 11.4 Å². The summed E-state index contributed by atoms with van der Waals surface area (Å²) >= 11 is 0. The van der Waals surface area contributed by atoms with Crippen LogP contribution in [-0.4, -0.2) is 46.2 Å². The van der Waals surface area contributed by atoms with E-state index in [-0.39, 0.29) is 28.9 Å². The van der Waals surface area contributed by atoms with Crippen LogP contribution < -0.4 is 5.32 Å². The molecule has 1 aromatic carbocycles. The van der Waals surface area contributed by atoms with Gasteiger partial charge in [0.25, 0.3) is 5.69 Å². The molecule has 1 atom stereocenters. The van der Waals surface area contributed by atoms with Gasteiger partial charge in [0, 0.05) is 30.7 Å². The van der Waals surface area contributed by atoms with E-state index in [9.17, 15) is 19.3 Å². The topological polar surface area (TPSA) is 84.7 Å². The van der Waals surface area contributed by atoms with E-state index in [0.717, 1.165) is 12.8 Å². The molecule has 1 saturated heterocycles. The average Bonchev–Trinajstić information content (AvgIpc) is 3.29. The number of nitrogens with zero attached hydrogens (tertiary/aromatic N) is 2. The largest absolute Gasteiger partial charge is 0.444 e. The minimum atomic E-state index is -0.651. The molecule has 1 aliphatic carbocycles. The summed E-state index contributed by atoms with van der Waals surface area (Å²) < 4.78 is 19.5. The SMILES string of the molecule is CC(C)(C)OC(=O)N1C[C@H](C=Cc2c(F)cccc2[N+](=O)[O-])NC2(CC2)C1. The standard InChI is InChI=1S/C19H24FN3O4/c1-18(2,3)27-17(24)22-11-13(21-19(12-22)9-10-19)7-8-14-15(20)5-4-6-16(14)23(25)26/h4-8,13,21H,9-12H2,1-3H3/t13-/m0/s1. The molecule has 7 nitrogen and oxygen atoms in total. The molecule has 1 amide bonds. The normalized spacial score (nSPS) is 21.5. The molecule has 1 heterocycles. The van der Waals surface area contributed by atoms with Crippen LogP contribution in [0.3, 0.4) is 0 Å². The molecule has 0 bridgehead atoms. The lowest BCUT2D eigenvalue weighted by atomic mass is 10.1. The Kier molecular flexibility index (Phi) is 4.94. The first kappa shape index (κ1) is 19.3. The number of hydrogen-bond donors (Lipinski definition) is 1. The van der Waals surface area contributed by atoms with Crippen molar-refractivity contribution in [3.63, 3.8) is 0 Å². The lowest BCUT2D eigenvalue weighted by molar-refractivity contribution is -0.385. The smallest absolute Gasteiger partial charge is 0.410 e. The van der Waals surface area contributed by atoms with Crippen molar-refractivity contribution in [2.45, 2.75) is 50.8 Å². The third-order valence-electron chi connectivity index (χ3n) is 4.63. The number of nitro groups is 1. The van der Waals surface area contributed by atoms with Crippen LogP contribution in [0.15, 0.2) is 24.3 Å². The molecule has 146 valence electrons. The van der Waals surface area contributed by atoms with Gasteiger partial charge in [-0.3, -0.25) is 10.1 Å². The molecule has 2 fully saturated rings. The molecule has 0 radical (unpaired) electrons. The first-order valence-corrected chi connectivity index (χ1v) is 8.95. The van der Waals surface area contributed by atoms with Gasteiger partial charge in [0.2, 0.25) is 0 Å². The number of halogens is 1. The van der Waals surface area contributed by atoms with E-state index in [0.29, 0.717) is 13.1 Å². The van der Waals surface area contributed by atoms with Gasteiger partial charge >= 0.3 is 6.09 Å². The Hall–Kier alpha value is -2.48. The predicted octanol–water partition coefficient (Wildman–Crippen LogP) is 3.49. The highest BCUT2D eigenvalue weighted by atomic mass is 19.1. The lowest BCUT2D eigenvalue weighted by Gasteiger charge is -2.39. The molecule has 1 saturated carbocycles. The molecule has 3 rings (SSSR count). The second-order valence-electron chi connectivity index (χ2n) is 8.18. The number of nitrogens with one attached hydrogen (secondary N) is 1. The van der Waals surface area contributed by atoms with Crippen LogP contribution in [0.5, 0.6) is 0 Å². The Morgan fingerprint density at radius 3 is 2.74 bits per heavy atom. The van der Waals surface area contributed by atoms with Gasteiger partial charge in [-0.05, 0) is 45.8 Å². The molecule has 27 heavy (non-hydrogen) atoms. The number of carbonyl (C=O) groups is 1. The van der Waals surface area contributed by atoms with E-state index >= 15 is 0 Å². The third kappa shape index (κ3) is 4.63. The van der Waals surface area contributed by atoms with Crippen molar-refractivity contribution in [3.05, 3.63) is 45.8 Å². The fraction of sp³-hybridized carbons (Fsp3) is 0.526. The Bertz CT molecular complexity index is 784. The Balaban J connectivity index is 1.78. The summed E-state index contributed by atoms with van der Waals surface area (Å²) in [6.45, 7) is 6.36. The van der Waals surface area contributed by atoms with Gasteiger partial charge in [-0.15, -0.1) is 0 Å². The second kappa shape index (κ2) is 6.92. The zero-order valence-electron chi connectivity index (χ0n) is 15.7. The number of amides is 1. The van der Waals surface area contributed by atoms with Crippen LogP contribution in [-0.2, 0) is 4.74 Å². The fourth-order valence-corrected chi connectivity index (χ4v) is 3.24. The molecular weight excluding hydrogens is 353 g/mol. The van der Waals surface area contributed by atoms with Gasteiger partial charge < -0.3 is 15.0 Å². The van der Waals surface area contributed by atoms with Gasteiger partial charge in [-0.2, -0.15) is 0 Å². The summed E-state index contributed by atoms with van der Waals surface area (Å²) in [5.74, 6) is -0.651. The van der Waals surface area contributed by atoms with Crippen LogP contribution in [0.2, 0.25) is 0 Å². The lowest BCUT2D eigenvalue weighted by Crippen LogP contribution is -2.59. The Labute approximate surface area is 157 Å². The van der Waals surface area contributed by atoms with Crippen LogP contribution in [0.25, 0.3) is 6.08 Å². The maximum atomic E-state index is 14.1. The summed E-state index contributed by atoms with van der Waals surface area (Å²) in [5.41, 5.74) is -1.08. The van der Waals surface area contributed by atoms with Crippen molar-refractivity contribution >= 4 is 17.9 Å². The molecule has 0 aromatic heterocycles. The van der Waals surface area contributed by atoms with E-state index in [2.05, 4.69) is 5.32 Å². The minimum Gasteiger partial charge on any atom is -0.444 e. The zero-order chi connectivity index (χ0) is 19.8. The van der Waals surface area contributed by atoms with Crippen LogP contribution in [0.1, 0.15) is 39.2 Å². The third-order valence-corrected chi connectivity index (χ3v) is 4.63. The highest BCUT2D eigenvalue weighted by molar-refractivity contribution is 5.69. The van der Waals surface area contributed by atoms with Crippen molar-refractivity contribution in [2.75, 3.05) is 13.1 Å². The molecule has 1 aromatic rings. The summed E-state index contributed by atoms with van der Waals surface area (Å²) in [6.07, 6.45) is 4.60. The Morgan fingerprint density at radius 1 is 1.44 bits per heavy atom. The number of nitro benzene ring substituents is 1. The monoisotopic (exact) mass is 377 g/mol. The van der Waals surface area contributed by atoms with Crippen molar-refractivity contribution in [1.82, 2.24) is 10.2 Å². The number of benzene rings is 1. The summed E-state index contributed by atoms with van der Waals surface area (Å²) in [5, 5.41) is 14.6. The average molecular weight is 377 g/mol. The zero-order valence-corrected chi connectivity index (χ0v) is 15.7. The molecule has 2 aliphatic rings. The highest BCUT2D eigenvalue weighted by Gasteiger charge is 2.49. The first-order chi connectivity index (χ1) is 12.6. The number of hydrogen-bond acceptors (Lipinski definition) is 5. The van der Waals surface area contributed by atoms with E-state index < -0.39 is 16.3 Å². The predicted molar refractivity (Wildman–Crippen MR) is 98.8 cm³/mol. The van der Waals surface area contributed by atoms with Gasteiger partial charge in [0.15, 0.2) is 0 Å². The van der Waals surface area contributed by atoms with Crippen molar-refractivity contribution < 1.29 is 18.8 Å². The first-order valence-electron chi connectivity index (χ1n) is 8.95. The molecule has 1 aliphatic heterocycles.